The lowest BCUT2D eigenvalue weighted by Gasteiger charge is -2.09. The zero-order valence-electron chi connectivity index (χ0n) is 10.3. The van der Waals surface area contributed by atoms with Gasteiger partial charge in [-0.1, -0.05) is 29.8 Å². The van der Waals surface area contributed by atoms with Crippen LogP contribution in [0.5, 0.6) is 0 Å². The number of nitrogens with zero attached hydrogens (tertiary/aromatic N) is 2. The Hall–Kier alpha value is -2.58. The molecule has 0 saturated carbocycles. The summed E-state index contributed by atoms with van der Waals surface area (Å²) in [6.45, 7) is 0.366. The number of nitro groups is 1. The van der Waals surface area contributed by atoms with Crippen LogP contribution in [0.1, 0.15) is 11.1 Å². The first-order valence-electron chi connectivity index (χ1n) is 5.77. The van der Waals surface area contributed by atoms with Gasteiger partial charge in [0.1, 0.15) is 0 Å². The number of rotatable bonds is 4. The van der Waals surface area contributed by atoms with Crippen molar-refractivity contribution in [3.8, 4) is 6.07 Å². The van der Waals surface area contributed by atoms with E-state index in [1.807, 2.05) is 12.1 Å². The van der Waals surface area contributed by atoms with Gasteiger partial charge in [0.25, 0.3) is 5.69 Å². The van der Waals surface area contributed by atoms with Crippen LogP contribution in [0.4, 0.5) is 11.4 Å². The molecular formula is C14H10ClN3O2. The van der Waals surface area contributed by atoms with E-state index in [-0.39, 0.29) is 5.69 Å². The molecule has 0 unspecified atom stereocenters. The van der Waals surface area contributed by atoms with Gasteiger partial charge in [0.05, 0.1) is 27.3 Å². The highest BCUT2D eigenvalue weighted by Crippen LogP contribution is 2.27. The Kier molecular flexibility index (Phi) is 4.18. The molecule has 0 atom stereocenters. The quantitative estimate of drug-likeness (QED) is 0.686. The second-order valence-electron chi connectivity index (χ2n) is 4.04. The molecule has 2 rings (SSSR count). The highest BCUT2D eigenvalue weighted by Gasteiger charge is 2.10. The van der Waals surface area contributed by atoms with Gasteiger partial charge in [-0.05, 0) is 17.7 Å². The van der Waals surface area contributed by atoms with Crippen LogP contribution >= 0.6 is 11.6 Å². The summed E-state index contributed by atoms with van der Waals surface area (Å²) in [5.74, 6) is 0. The number of nitrogens with one attached hydrogen (secondary N) is 1. The molecule has 100 valence electrons. The maximum atomic E-state index is 10.7. The van der Waals surface area contributed by atoms with E-state index in [2.05, 4.69) is 11.4 Å². The second kappa shape index (κ2) is 6.04. The molecule has 6 heteroatoms. The average Bonchev–Trinajstić information content (AvgIpc) is 2.46. The fourth-order valence-electron chi connectivity index (χ4n) is 1.74. The molecule has 0 saturated heterocycles. The average molecular weight is 288 g/mol. The zero-order chi connectivity index (χ0) is 14.5. The standard InChI is InChI=1S/C14H10ClN3O2/c15-13-6-5-12(18(19)20)7-14(13)17-9-11-4-2-1-3-10(11)8-16/h1-7,17H,9H2. The number of hydrogen-bond donors (Lipinski definition) is 1. The molecule has 20 heavy (non-hydrogen) atoms. The molecule has 0 amide bonds. The highest BCUT2D eigenvalue weighted by atomic mass is 35.5. The molecule has 0 bridgehead atoms. The molecule has 0 fully saturated rings. The smallest absolute Gasteiger partial charge is 0.271 e. The molecule has 0 aliphatic rings. The minimum absolute atomic E-state index is 0.0366. The van der Waals surface area contributed by atoms with Crippen molar-refractivity contribution in [3.63, 3.8) is 0 Å². The predicted octanol–water partition coefficient (Wildman–Crippen LogP) is 3.73. The van der Waals surface area contributed by atoms with Crippen molar-refractivity contribution in [2.24, 2.45) is 0 Å². The number of hydrogen-bond acceptors (Lipinski definition) is 4. The fourth-order valence-corrected chi connectivity index (χ4v) is 1.92. The van der Waals surface area contributed by atoms with E-state index in [1.54, 1.807) is 12.1 Å². The first-order valence-corrected chi connectivity index (χ1v) is 6.15. The Balaban J connectivity index is 2.21. The van der Waals surface area contributed by atoms with Gasteiger partial charge in [-0.3, -0.25) is 10.1 Å². The van der Waals surface area contributed by atoms with Crippen LogP contribution in [0.15, 0.2) is 42.5 Å². The molecule has 0 aliphatic heterocycles. The summed E-state index contributed by atoms with van der Waals surface area (Å²) in [6, 6.07) is 13.4. The van der Waals surface area contributed by atoms with Crippen LogP contribution in [0, 0.1) is 21.4 Å². The number of anilines is 1. The Labute approximate surface area is 120 Å². The van der Waals surface area contributed by atoms with E-state index >= 15 is 0 Å². The van der Waals surface area contributed by atoms with E-state index in [0.717, 1.165) is 5.56 Å². The van der Waals surface area contributed by atoms with Crippen molar-refractivity contribution in [1.29, 1.82) is 5.26 Å². The van der Waals surface area contributed by atoms with Crippen LogP contribution < -0.4 is 5.32 Å². The molecule has 1 N–H and O–H groups in total. The fraction of sp³-hybridized carbons (Fsp3) is 0.0714. The minimum atomic E-state index is -0.481. The molecule has 2 aromatic carbocycles. The number of nitro benzene ring substituents is 1. The van der Waals surface area contributed by atoms with Gasteiger partial charge >= 0.3 is 0 Å². The monoisotopic (exact) mass is 287 g/mol. The first kappa shape index (κ1) is 13.8. The SMILES string of the molecule is N#Cc1ccccc1CNc1cc([N+](=O)[O-])ccc1Cl. The summed E-state index contributed by atoms with van der Waals surface area (Å²) in [4.78, 5) is 10.2. The van der Waals surface area contributed by atoms with Crippen LogP contribution in [0.25, 0.3) is 0 Å². The summed E-state index contributed by atoms with van der Waals surface area (Å²) < 4.78 is 0. The van der Waals surface area contributed by atoms with Crippen molar-refractivity contribution < 1.29 is 4.92 Å². The van der Waals surface area contributed by atoms with E-state index in [1.165, 1.54) is 18.2 Å². The molecular weight excluding hydrogens is 278 g/mol. The maximum absolute atomic E-state index is 10.7. The first-order chi connectivity index (χ1) is 9.61. The van der Waals surface area contributed by atoms with Gasteiger partial charge in [-0.25, -0.2) is 0 Å². The van der Waals surface area contributed by atoms with Crippen LogP contribution in [-0.4, -0.2) is 4.92 Å². The normalized spacial score (nSPS) is 9.80. The van der Waals surface area contributed by atoms with Gasteiger partial charge in [0.2, 0.25) is 0 Å². The van der Waals surface area contributed by atoms with Crippen LogP contribution in [0.3, 0.4) is 0 Å². The summed E-state index contributed by atoms with van der Waals surface area (Å²) in [7, 11) is 0. The third-order valence-corrected chi connectivity index (χ3v) is 3.10. The summed E-state index contributed by atoms with van der Waals surface area (Å²) in [5.41, 5.74) is 1.79. The molecule has 0 spiro atoms. The van der Waals surface area contributed by atoms with Crippen LogP contribution in [0.2, 0.25) is 5.02 Å². The summed E-state index contributed by atoms with van der Waals surface area (Å²) in [6.07, 6.45) is 0. The van der Waals surface area contributed by atoms with Gasteiger partial charge in [0, 0.05) is 18.7 Å². The third-order valence-electron chi connectivity index (χ3n) is 2.77. The van der Waals surface area contributed by atoms with E-state index < -0.39 is 4.92 Å². The predicted molar refractivity (Wildman–Crippen MR) is 76.6 cm³/mol. The molecule has 0 aliphatic carbocycles. The van der Waals surface area contributed by atoms with Crippen molar-refractivity contribution in [2.45, 2.75) is 6.54 Å². The van der Waals surface area contributed by atoms with Crippen molar-refractivity contribution in [1.82, 2.24) is 0 Å². The lowest BCUT2D eigenvalue weighted by Crippen LogP contribution is -2.02. The second-order valence-corrected chi connectivity index (χ2v) is 4.45. The number of non-ortho nitro benzene ring substituents is 1. The van der Waals surface area contributed by atoms with E-state index in [4.69, 9.17) is 16.9 Å². The molecule has 5 nitrogen and oxygen atoms in total. The topological polar surface area (TPSA) is 79.0 Å². The third kappa shape index (κ3) is 3.05. The number of halogens is 1. The molecule has 0 aromatic heterocycles. The Morgan fingerprint density at radius 3 is 2.75 bits per heavy atom. The Bertz CT molecular complexity index is 695. The van der Waals surface area contributed by atoms with E-state index in [9.17, 15) is 10.1 Å². The van der Waals surface area contributed by atoms with Crippen molar-refractivity contribution in [3.05, 3.63) is 68.7 Å². The lowest BCUT2D eigenvalue weighted by molar-refractivity contribution is -0.384. The molecule has 2 aromatic rings. The molecule has 0 heterocycles. The maximum Gasteiger partial charge on any atom is 0.271 e. The van der Waals surface area contributed by atoms with E-state index in [0.29, 0.717) is 22.8 Å². The van der Waals surface area contributed by atoms with Gasteiger partial charge < -0.3 is 5.32 Å². The molecule has 0 radical (unpaired) electrons. The highest BCUT2D eigenvalue weighted by molar-refractivity contribution is 6.33. The summed E-state index contributed by atoms with van der Waals surface area (Å²) >= 11 is 5.99. The van der Waals surface area contributed by atoms with Crippen molar-refractivity contribution >= 4 is 23.0 Å². The minimum Gasteiger partial charge on any atom is -0.380 e. The van der Waals surface area contributed by atoms with Gasteiger partial charge in [-0.15, -0.1) is 0 Å². The Morgan fingerprint density at radius 1 is 1.30 bits per heavy atom. The van der Waals surface area contributed by atoms with Gasteiger partial charge in [0.15, 0.2) is 0 Å². The zero-order valence-corrected chi connectivity index (χ0v) is 11.1. The lowest BCUT2D eigenvalue weighted by atomic mass is 10.1. The Morgan fingerprint density at radius 2 is 2.05 bits per heavy atom. The largest absolute Gasteiger partial charge is 0.380 e. The summed E-state index contributed by atoms with van der Waals surface area (Å²) in [5, 5.41) is 23.1. The van der Waals surface area contributed by atoms with Crippen LogP contribution in [-0.2, 0) is 6.54 Å². The van der Waals surface area contributed by atoms with Crippen molar-refractivity contribution in [2.75, 3.05) is 5.32 Å². The van der Waals surface area contributed by atoms with Gasteiger partial charge in [-0.2, -0.15) is 5.26 Å². The number of benzene rings is 2. The number of nitriles is 1.